The second kappa shape index (κ2) is 5.98. The number of aromatic nitrogens is 2. The summed E-state index contributed by atoms with van der Waals surface area (Å²) in [6, 6.07) is 0.546. The fraction of sp³-hybridized carbons (Fsp3) is 0.600. The van der Waals surface area contributed by atoms with E-state index in [1.807, 2.05) is 26.4 Å². The fourth-order valence-electron chi connectivity index (χ4n) is 1.04. The summed E-state index contributed by atoms with van der Waals surface area (Å²) in [7, 11) is 1.99. The Balaban J connectivity index is 2.41. The highest BCUT2D eigenvalue weighted by atomic mass is 32.2. The van der Waals surface area contributed by atoms with Crippen LogP contribution in [0.1, 0.15) is 18.9 Å². The number of nitrogens with zero attached hydrogens (tertiary/aromatic N) is 2. The first kappa shape index (κ1) is 11.5. The maximum atomic E-state index is 4.24. The minimum Gasteiger partial charge on any atom is -0.316 e. The molecular weight excluding hydrogens is 194 g/mol. The summed E-state index contributed by atoms with van der Waals surface area (Å²) in [5.41, 5.74) is 1.11. The summed E-state index contributed by atoms with van der Waals surface area (Å²) in [6.45, 7) is 4.18. The smallest absolute Gasteiger partial charge is 0.187 e. The largest absolute Gasteiger partial charge is 0.316 e. The van der Waals surface area contributed by atoms with E-state index in [-0.39, 0.29) is 0 Å². The number of hydrogen-bond acceptors (Lipinski definition) is 4. The fourth-order valence-corrected chi connectivity index (χ4v) is 2.04. The second-order valence-corrected chi connectivity index (χ2v) is 4.23. The zero-order chi connectivity index (χ0) is 10.4. The third-order valence-corrected chi connectivity index (χ3v) is 3.11. The van der Waals surface area contributed by atoms with Gasteiger partial charge in [-0.25, -0.2) is 9.97 Å². The van der Waals surface area contributed by atoms with E-state index in [2.05, 4.69) is 22.2 Å². The highest BCUT2D eigenvalue weighted by molar-refractivity contribution is 7.99. The van der Waals surface area contributed by atoms with Gasteiger partial charge in [-0.2, -0.15) is 0 Å². The Morgan fingerprint density at radius 2 is 2.07 bits per heavy atom. The summed E-state index contributed by atoms with van der Waals surface area (Å²) >= 11 is 1.70. The molecule has 4 heteroatoms. The van der Waals surface area contributed by atoms with Crippen LogP contribution in [0.3, 0.4) is 0 Å². The Labute approximate surface area is 89.7 Å². The topological polar surface area (TPSA) is 37.8 Å². The molecule has 78 valence electrons. The second-order valence-electron chi connectivity index (χ2n) is 3.25. The predicted molar refractivity (Wildman–Crippen MR) is 60.6 cm³/mol. The summed E-state index contributed by atoms with van der Waals surface area (Å²) in [6.07, 6.45) is 4.85. The first-order valence-corrected chi connectivity index (χ1v) is 5.83. The quantitative estimate of drug-likeness (QED) is 0.596. The molecule has 0 aromatic carbocycles. The van der Waals surface area contributed by atoms with Crippen molar-refractivity contribution >= 4 is 11.8 Å². The van der Waals surface area contributed by atoms with Crippen LogP contribution in [0.4, 0.5) is 0 Å². The molecule has 0 bridgehead atoms. The third-order valence-electron chi connectivity index (χ3n) is 2.07. The molecule has 0 saturated carbocycles. The van der Waals surface area contributed by atoms with Gasteiger partial charge in [-0.05, 0) is 26.0 Å². The van der Waals surface area contributed by atoms with Crippen LogP contribution in [0.5, 0.6) is 0 Å². The summed E-state index contributed by atoms with van der Waals surface area (Å²) in [5, 5.41) is 4.12. The van der Waals surface area contributed by atoms with Crippen LogP contribution in [-0.4, -0.2) is 28.8 Å². The van der Waals surface area contributed by atoms with Crippen molar-refractivity contribution in [1.29, 1.82) is 0 Å². The van der Waals surface area contributed by atoms with Gasteiger partial charge in [-0.1, -0.05) is 18.7 Å². The van der Waals surface area contributed by atoms with Crippen molar-refractivity contribution in [2.75, 3.05) is 12.8 Å². The highest BCUT2D eigenvalue weighted by Crippen LogP contribution is 2.13. The van der Waals surface area contributed by atoms with Gasteiger partial charge in [0.1, 0.15) is 0 Å². The SMILES string of the molecule is CCC(CSc1ncc(C)cn1)NC. The maximum absolute atomic E-state index is 4.24. The molecule has 0 amide bonds. The lowest BCUT2D eigenvalue weighted by molar-refractivity contribution is 0.601. The van der Waals surface area contributed by atoms with Crippen LogP contribution in [0.25, 0.3) is 0 Å². The van der Waals surface area contributed by atoms with Gasteiger partial charge in [-0.15, -0.1) is 0 Å². The Hall–Kier alpha value is -0.610. The van der Waals surface area contributed by atoms with Crippen LogP contribution < -0.4 is 5.32 Å². The zero-order valence-corrected chi connectivity index (χ0v) is 9.77. The minimum atomic E-state index is 0.546. The number of thioether (sulfide) groups is 1. The maximum Gasteiger partial charge on any atom is 0.187 e. The van der Waals surface area contributed by atoms with Crippen LogP contribution in [0.15, 0.2) is 17.6 Å². The third kappa shape index (κ3) is 3.64. The van der Waals surface area contributed by atoms with E-state index in [1.165, 1.54) is 0 Å². The van der Waals surface area contributed by atoms with E-state index in [0.717, 1.165) is 22.9 Å². The summed E-state index contributed by atoms with van der Waals surface area (Å²) in [5.74, 6) is 1.02. The molecule has 1 unspecified atom stereocenters. The van der Waals surface area contributed by atoms with Crippen molar-refractivity contribution in [1.82, 2.24) is 15.3 Å². The molecule has 0 aliphatic rings. The molecule has 0 saturated heterocycles. The molecule has 1 heterocycles. The normalized spacial score (nSPS) is 12.8. The van der Waals surface area contributed by atoms with Gasteiger partial charge in [0, 0.05) is 24.2 Å². The first-order valence-electron chi connectivity index (χ1n) is 4.85. The first-order chi connectivity index (χ1) is 6.76. The van der Waals surface area contributed by atoms with Crippen LogP contribution in [0, 0.1) is 6.92 Å². The molecule has 0 spiro atoms. The van der Waals surface area contributed by atoms with Crippen LogP contribution in [-0.2, 0) is 0 Å². The molecular formula is C10H17N3S. The molecule has 14 heavy (non-hydrogen) atoms. The number of nitrogens with one attached hydrogen (secondary N) is 1. The Morgan fingerprint density at radius 3 is 2.57 bits per heavy atom. The van der Waals surface area contributed by atoms with Gasteiger partial charge < -0.3 is 5.32 Å². The van der Waals surface area contributed by atoms with E-state index >= 15 is 0 Å². The van der Waals surface area contributed by atoms with E-state index in [9.17, 15) is 0 Å². The average Bonchev–Trinajstić information content (AvgIpc) is 2.22. The van der Waals surface area contributed by atoms with Crippen LogP contribution in [0.2, 0.25) is 0 Å². The molecule has 1 aromatic rings. The van der Waals surface area contributed by atoms with Crippen molar-refractivity contribution in [3.8, 4) is 0 Å². The van der Waals surface area contributed by atoms with Gasteiger partial charge in [0.2, 0.25) is 0 Å². The Morgan fingerprint density at radius 1 is 1.43 bits per heavy atom. The number of hydrogen-bond donors (Lipinski definition) is 1. The molecule has 1 N–H and O–H groups in total. The zero-order valence-electron chi connectivity index (χ0n) is 8.95. The molecule has 0 radical (unpaired) electrons. The highest BCUT2D eigenvalue weighted by Gasteiger charge is 2.04. The van der Waals surface area contributed by atoms with E-state index in [0.29, 0.717) is 6.04 Å². The van der Waals surface area contributed by atoms with Crippen molar-refractivity contribution < 1.29 is 0 Å². The predicted octanol–water partition coefficient (Wildman–Crippen LogP) is 1.88. The molecule has 1 aromatic heterocycles. The molecule has 3 nitrogen and oxygen atoms in total. The lowest BCUT2D eigenvalue weighted by Gasteiger charge is -2.11. The van der Waals surface area contributed by atoms with Gasteiger partial charge in [-0.3, -0.25) is 0 Å². The lowest BCUT2D eigenvalue weighted by Crippen LogP contribution is -2.26. The summed E-state index contributed by atoms with van der Waals surface area (Å²) in [4.78, 5) is 8.49. The van der Waals surface area contributed by atoms with Crippen molar-refractivity contribution in [2.45, 2.75) is 31.5 Å². The minimum absolute atomic E-state index is 0.546. The van der Waals surface area contributed by atoms with Crippen LogP contribution >= 0.6 is 11.8 Å². The van der Waals surface area contributed by atoms with Gasteiger partial charge in [0.25, 0.3) is 0 Å². The van der Waals surface area contributed by atoms with Crippen molar-refractivity contribution in [3.63, 3.8) is 0 Å². The van der Waals surface area contributed by atoms with E-state index < -0.39 is 0 Å². The molecule has 0 aliphatic carbocycles. The van der Waals surface area contributed by atoms with E-state index in [4.69, 9.17) is 0 Å². The molecule has 1 rings (SSSR count). The Bertz CT molecular complexity index is 257. The monoisotopic (exact) mass is 211 g/mol. The molecule has 1 atom stereocenters. The van der Waals surface area contributed by atoms with Gasteiger partial charge in [0.05, 0.1) is 0 Å². The van der Waals surface area contributed by atoms with Crippen molar-refractivity contribution in [3.05, 3.63) is 18.0 Å². The summed E-state index contributed by atoms with van der Waals surface area (Å²) < 4.78 is 0. The average molecular weight is 211 g/mol. The molecule has 0 fully saturated rings. The van der Waals surface area contributed by atoms with Gasteiger partial charge in [0.15, 0.2) is 5.16 Å². The van der Waals surface area contributed by atoms with Gasteiger partial charge >= 0.3 is 0 Å². The molecule has 0 aliphatic heterocycles. The number of rotatable bonds is 5. The number of aryl methyl sites for hydroxylation is 1. The standard InChI is InChI=1S/C10H17N3S/c1-4-9(11-3)7-14-10-12-5-8(2)6-13-10/h5-6,9,11H,4,7H2,1-3H3. The van der Waals surface area contributed by atoms with Crippen molar-refractivity contribution in [2.24, 2.45) is 0 Å². The Kier molecular flexibility index (Phi) is 4.90. The lowest BCUT2D eigenvalue weighted by atomic mass is 10.3. The van der Waals surface area contributed by atoms with E-state index in [1.54, 1.807) is 11.8 Å².